The second kappa shape index (κ2) is 8.39. The van der Waals surface area contributed by atoms with E-state index in [1.54, 1.807) is 19.1 Å². The minimum absolute atomic E-state index is 0.0167. The smallest absolute Gasteiger partial charge is 0.205 e. The zero-order chi connectivity index (χ0) is 21.2. The summed E-state index contributed by atoms with van der Waals surface area (Å²) in [6.07, 6.45) is 0.461. The molecule has 0 bridgehead atoms. The fourth-order valence-electron chi connectivity index (χ4n) is 3.03. The number of ketones is 1. The summed E-state index contributed by atoms with van der Waals surface area (Å²) in [5.41, 5.74) is 9.52. The molecule has 152 valence electrons. The number of para-hydroxylation sites is 1. The van der Waals surface area contributed by atoms with Gasteiger partial charge in [-0.1, -0.05) is 55.0 Å². The van der Waals surface area contributed by atoms with E-state index in [1.807, 2.05) is 50.2 Å². The normalized spacial score (nSPS) is 11.4. The van der Waals surface area contributed by atoms with Gasteiger partial charge in [-0.25, -0.2) is 8.42 Å². The van der Waals surface area contributed by atoms with Crippen LogP contribution in [0.4, 0.5) is 16.4 Å². The number of carbonyl (C=O) groups excluding carboxylic acids is 1. The van der Waals surface area contributed by atoms with Crippen molar-refractivity contribution < 1.29 is 13.2 Å². The molecule has 0 spiro atoms. The molecule has 1 aromatic heterocycles. The summed E-state index contributed by atoms with van der Waals surface area (Å²) < 4.78 is 25.9. The molecule has 3 rings (SSSR count). The molecule has 0 aliphatic carbocycles. The van der Waals surface area contributed by atoms with E-state index >= 15 is 0 Å². The van der Waals surface area contributed by atoms with Crippen LogP contribution in [0.25, 0.3) is 0 Å². The highest BCUT2D eigenvalue weighted by atomic mass is 32.2. The molecule has 5 nitrogen and oxygen atoms in total. The Hall–Kier alpha value is -2.64. The topological polar surface area (TPSA) is 89.3 Å². The largest absolute Gasteiger partial charge is 0.396 e. The molecule has 29 heavy (non-hydrogen) atoms. The predicted octanol–water partition coefficient (Wildman–Crippen LogP) is 5.11. The van der Waals surface area contributed by atoms with Gasteiger partial charge in [0, 0.05) is 11.3 Å². The fourth-order valence-corrected chi connectivity index (χ4v) is 6.10. The van der Waals surface area contributed by atoms with Gasteiger partial charge in [0.2, 0.25) is 5.78 Å². The van der Waals surface area contributed by atoms with Crippen molar-refractivity contribution >= 4 is 43.3 Å². The number of benzene rings is 2. The molecule has 2 aromatic carbocycles. The molecule has 0 saturated heterocycles. The molecule has 3 aromatic rings. The zero-order valence-electron chi connectivity index (χ0n) is 16.7. The lowest BCUT2D eigenvalue weighted by atomic mass is 10.1. The monoisotopic (exact) mass is 428 g/mol. The Labute approximate surface area is 175 Å². The predicted molar refractivity (Wildman–Crippen MR) is 120 cm³/mol. The number of rotatable bonds is 7. The van der Waals surface area contributed by atoms with E-state index in [4.69, 9.17) is 5.73 Å². The second-order valence-corrected chi connectivity index (χ2v) is 10.0. The van der Waals surface area contributed by atoms with Crippen molar-refractivity contribution in [3.63, 3.8) is 0 Å². The Kier molecular flexibility index (Phi) is 6.10. The molecule has 0 unspecified atom stereocenters. The number of anilines is 3. The molecule has 0 aliphatic rings. The minimum atomic E-state index is -3.64. The van der Waals surface area contributed by atoms with Gasteiger partial charge in [-0.15, -0.1) is 11.3 Å². The van der Waals surface area contributed by atoms with E-state index in [0.717, 1.165) is 28.2 Å². The average Bonchev–Trinajstić information content (AvgIpc) is 3.00. The first-order chi connectivity index (χ1) is 13.7. The standard InChI is InChI=1S/C22H24N2O3S2/c1-4-13-29(26,27)21-18(23)20(19(25)16-11-9-14(2)10-12-16)28-22(21)24-17-8-6-5-7-15(17)3/h5-12,24H,4,13,23H2,1-3H3. The second-order valence-electron chi connectivity index (χ2n) is 6.96. The molecule has 0 aliphatic heterocycles. The van der Waals surface area contributed by atoms with Crippen LogP contribution in [-0.4, -0.2) is 20.0 Å². The number of nitrogens with one attached hydrogen (secondary N) is 1. The maximum Gasteiger partial charge on any atom is 0.205 e. The highest BCUT2D eigenvalue weighted by molar-refractivity contribution is 7.92. The molecule has 3 N–H and O–H groups in total. The Bertz CT molecular complexity index is 1150. The van der Waals surface area contributed by atoms with Gasteiger partial charge in [0.1, 0.15) is 14.8 Å². The van der Waals surface area contributed by atoms with Crippen LogP contribution < -0.4 is 11.1 Å². The number of hydrogen-bond acceptors (Lipinski definition) is 6. The third-order valence-electron chi connectivity index (χ3n) is 4.60. The highest BCUT2D eigenvalue weighted by Crippen LogP contribution is 2.42. The third-order valence-corrected chi connectivity index (χ3v) is 7.84. The summed E-state index contributed by atoms with van der Waals surface area (Å²) in [5, 5.41) is 3.56. The Morgan fingerprint density at radius 1 is 1.07 bits per heavy atom. The van der Waals surface area contributed by atoms with Crippen LogP contribution in [0.1, 0.15) is 39.7 Å². The number of thiophene rings is 1. The van der Waals surface area contributed by atoms with Crippen LogP contribution in [-0.2, 0) is 9.84 Å². The molecular weight excluding hydrogens is 404 g/mol. The number of nitrogen functional groups attached to an aromatic ring is 1. The lowest BCUT2D eigenvalue weighted by Gasteiger charge is -2.10. The minimum Gasteiger partial charge on any atom is -0.396 e. The number of carbonyl (C=O) groups is 1. The summed E-state index contributed by atoms with van der Waals surface area (Å²) >= 11 is 1.08. The quantitative estimate of drug-likeness (QED) is 0.511. The van der Waals surface area contributed by atoms with Gasteiger partial charge in [-0.3, -0.25) is 4.79 Å². The maximum absolute atomic E-state index is 13.1. The lowest BCUT2D eigenvalue weighted by molar-refractivity contribution is 0.104. The highest BCUT2D eigenvalue weighted by Gasteiger charge is 2.30. The van der Waals surface area contributed by atoms with Crippen LogP contribution in [0.2, 0.25) is 0 Å². The van der Waals surface area contributed by atoms with Crippen LogP contribution >= 0.6 is 11.3 Å². The number of hydrogen-bond donors (Lipinski definition) is 2. The Morgan fingerprint density at radius 3 is 2.34 bits per heavy atom. The van der Waals surface area contributed by atoms with Crippen molar-refractivity contribution in [3.05, 3.63) is 70.1 Å². The van der Waals surface area contributed by atoms with Crippen molar-refractivity contribution in [2.45, 2.75) is 32.1 Å². The van der Waals surface area contributed by atoms with Crippen LogP contribution in [0.15, 0.2) is 53.4 Å². The van der Waals surface area contributed by atoms with E-state index in [-0.39, 0.29) is 27.0 Å². The summed E-state index contributed by atoms with van der Waals surface area (Å²) in [6, 6.07) is 14.7. The lowest BCUT2D eigenvalue weighted by Crippen LogP contribution is -2.10. The van der Waals surface area contributed by atoms with Gasteiger partial charge in [0.25, 0.3) is 0 Å². The van der Waals surface area contributed by atoms with Gasteiger partial charge in [0.05, 0.1) is 11.4 Å². The van der Waals surface area contributed by atoms with Crippen LogP contribution in [0.5, 0.6) is 0 Å². The molecule has 0 saturated carbocycles. The molecule has 0 radical (unpaired) electrons. The van der Waals surface area contributed by atoms with Gasteiger partial charge >= 0.3 is 0 Å². The average molecular weight is 429 g/mol. The van der Waals surface area contributed by atoms with E-state index in [9.17, 15) is 13.2 Å². The summed E-state index contributed by atoms with van der Waals surface area (Å²) in [4.78, 5) is 13.3. The van der Waals surface area contributed by atoms with Gasteiger partial charge in [0.15, 0.2) is 9.84 Å². The van der Waals surface area contributed by atoms with Gasteiger partial charge in [-0.2, -0.15) is 0 Å². The third kappa shape index (κ3) is 4.36. The molecule has 7 heteroatoms. The van der Waals surface area contributed by atoms with E-state index in [0.29, 0.717) is 17.0 Å². The molecule has 0 atom stereocenters. The molecule has 0 amide bonds. The molecular formula is C22H24N2O3S2. The van der Waals surface area contributed by atoms with Crippen LogP contribution in [0, 0.1) is 13.8 Å². The molecule has 0 fully saturated rings. The summed E-state index contributed by atoms with van der Waals surface area (Å²) in [7, 11) is -3.64. The van der Waals surface area contributed by atoms with E-state index in [2.05, 4.69) is 5.32 Å². The van der Waals surface area contributed by atoms with Crippen LogP contribution in [0.3, 0.4) is 0 Å². The number of nitrogens with two attached hydrogens (primary N) is 1. The Balaban J connectivity index is 2.14. The first-order valence-corrected chi connectivity index (χ1v) is 11.8. The van der Waals surface area contributed by atoms with Gasteiger partial charge < -0.3 is 11.1 Å². The molecule has 1 heterocycles. The summed E-state index contributed by atoms with van der Waals surface area (Å²) in [5.74, 6) is -0.313. The van der Waals surface area contributed by atoms with Crippen molar-refractivity contribution in [1.29, 1.82) is 0 Å². The number of sulfone groups is 1. The SMILES string of the molecule is CCCS(=O)(=O)c1c(Nc2ccccc2C)sc(C(=O)c2ccc(C)cc2)c1N. The first kappa shape index (κ1) is 21.1. The summed E-state index contributed by atoms with van der Waals surface area (Å²) in [6.45, 7) is 5.66. The maximum atomic E-state index is 13.1. The van der Waals surface area contributed by atoms with E-state index in [1.165, 1.54) is 0 Å². The first-order valence-electron chi connectivity index (χ1n) is 9.33. The van der Waals surface area contributed by atoms with Crippen molar-refractivity contribution in [3.8, 4) is 0 Å². The Morgan fingerprint density at radius 2 is 1.72 bits per heavy atom. The van der Waals surface area contributed by atoms with Crippen molar-refractivity contribution in [1.82, 2.24) is 0 Å². The van der Waals surface area contributed by atoms with Gasteiger partial charge in [-0.05, 0) is 31.9 Å². The van der Waals surface area contributed by atoms with Crippen molar-refractivity contribution in [2.75, 3.05) is 16.8 Å². The van der Waals surface area contributed by atoms with E-state index < -0.39 is 9.84 Å². The fraction of sp³-hybridized carbons (Fsp3) is 0.227. The van der Waals surface area contributed by atoms with Crippen molar-refractivity contribution in [2.24, 2.45) is 0 Å². The zero-order valence-corrected chi connectivity index (χ0v) is 18.3. The number of aryl methyl sites for hydroxylation is 2.